The molecule has 0 saturated carbocycles. The molecule has 1 atom stereocenters. The number of rotatable bonds is 9. The number of anilines is 1. The van der Waals surface area contributed by atoms with E-state index in [0.717, 1.165) is 24.3 Å². The van der Waals surface area contributed by atoms with Crippen LogP contribution in [0.15, 0.2) is 24.3 Å². The predicted molar refractivity (Wildman–Crippen MR) is 123 cm³/mol. The first-order valence-corrected chi connectivity index (χ1v) is 12.9. The molecule has 0 heterocycles. The van der Waals surface area contributed by atoms with Gasteiger partial charge in [0, 0.05) is 0 Å². The molecule has 27 heavy (non-hydrogen) atoms. The highest BCUT2D eigenvalue weighted by Crippen LogP contribution is 2.41. The Labute approximate surface area is 169 Å². The Bertz CT molecular complexity index is 601. The van der Waals surface area contributed by atoms with E-state index in [-0.39, 0.29) is 6.04 Å². The highest BCUT2D eigenvalue weighted by Gasteiger charge is 2.41. The molecule has 0 aliphatic heterocycles. The van der Waals surface area contributed by atoms with Crippen LogP contribution in [0.3, 0.4) is 0 Å². The van der Waals surface area contributed by atoms with E-state index in [1.54, 1.807) is 7.11 Å². The van der Waals surface area contributed by atoms with Gasteiger partial charge in [-0.15, -0.1) is 5.54 Å². The Kier molecular flexibility index (Phi) is 9.46. The third-order valence-corrected chi connectivity index (χ3v) is 12.6. The average Bonchev–Trinajstić information content (AvgIpc) is 2.62. The zero-order chi connectivity index (χ0) is 20.6. The van der Waals surface area contributed by atoms with Gasteiger partial charge in [0.25, 0.3) is 0 Å². The van der Waals surface area contributed by atoms with Crippen molar-refractivity contribution in [3.63, 3.8) is 0 Å². The summed E-state index contributed by atoms with van der Waals surface area (Å²) in [6.45, 7) is 18.8. The summed E-state index contributed by atoms with van der Waals surface area (Å²) in [5.41, 5.74) is 6.92. The van der Waals surface area contributed by atoms with Crippen LogP contribution < -0.4 is 10.1 Å². The molecule has 1 aromatic carbocycles. The average molecular weight is 388 g/mol. The number of hydrogen-bond acceptors (Lipinski definition) is 2. The summed E-state index contributed by atoms with van der Waals surface area (Å²) >= 11 is 0. The number of para-hydroxylation sites is 2. The maximum Gasteiger partial charge on any atom is 0.146 e. The van der Waals surface area contributed by atoms with Gasteiger partial charge in [-0.05, 0) is 34.7 Å². The molecule has 2 nitrogen and oxygen atoms in total. The van der Waals surface area contributed by atoms with Crippen molar-refractivity contribution < 1.29 is 4.74 Å². The van der Waals surface area contributed by atoms with Gasteiger partial charge in [0.1, 0.15) is 13.8 Å². The topological polar surface area (TPSA) is 21.3 Å². The Hall–Kier alpha value is -1.40. The van der Waals surface area contributed by atoms with Gasteiger partial charge >= 0.3 is 0 Å². The number of ether oxygens (including phenoxy) is 1. The predicted octanol–water partition coefficient (Wildman–Crippen LogP) is 7.13. The molecule has 3 heteroatoms. The number of nitrogens with one attached hydrogen (secondary N) is 1. The summed E-state index contributed by atoms with van der Waals surface area (Å²) in [6, 6.07) is 8.32. The molecule has 0 radical (unpaired) electrons. The van der Waals surface area contributed by atoms with Gasteiger partial charge in [0.2, 0.25) is 0 Å². The normalized spacial score (nSPS) is 13.1. The van der Waals surface area contributed by atoms with Gasteiger partial charge in [-0.25, -0.2) is 0 Å². The van der Waals surface area contributed by atoms with E-state index in [9.17, 15) is 0 Å². The van der Waals surface area contributed by atoms with Crippen LogP contribution >= 0.6 is 0 Å². The molecule has 1 aromatic rings. The van der Waals surface area contributed by atoms with Crippen molar-refractivity contribution in [1.29, 1.82) is 0 Å². The van der Waals surface area contributed by atoms with Crippen molar-refractivity contribution in [2.24, 2.45) is 5.92 Å². The third-order valence-electron chi connectivity index (χ3n) is 6.25. The Morgan fingerprint density at radius 3 is 1.89 bits per heavy atom. The smallest absolute Gasteiger partial charge is 0.146 e. The minimum atomic E-state index is -1.73. The molecular formula is C24H41NOSi. The van der Waals surface area contributed by atoms with Crippen molar-refractivity contribution in [3.05, 3.63) is 24.3 Å². The van der Waals surface area contributed by atoms with E-state index in [0.29, 0.717) is 22.5 Å². The minimum absolute atomic E-state index is 0.152. The van der Waals surface area contributed by atoms with Crippen molar-refractivity contribution in [1.82, 2.24) is 0 Å². The summed E-state index contributed by atoms with van der Waals surface area (Å²) in [6.07, 6.45) is 2.25. The highest BCUT2D eigenvalue weighted by molar-refractivity contribution is 6.90. The third kappa shape index (κ3) is 5.54. The lowest BCUT2D eigenvalue weighted by molar-refractivity contribution is 0.414. The maximum atomic E-state index is 5.55. The van der Waals surface area contributed by atoms with Crippen LogP contribution in [0.1, 0.15) is 68.2 Å². The van der Waals surface area contributed by atoms with Gasteiger partial charge in [-0.3, -0.25) is 0 Å². The molecule has 152 valence electrons. The van der Waals surface area contributed by atoms with E-state index in [4.69, 9.17) is 4.74 Å². The van der Waals surface area contributed by atoms with Gasteiger partial charge in [-0.2, -0.15) is 0 Å². The van der Waals surface area contributed by atoms with Crippen LogP contribution in [-0.4, -0.2) is 21.2 Å². The van der Waals surface area contributed by atoms with Gasteiger partial charge in [0.05, 0.1) is 18.8 Å². The quantitative estimate of drug-likeness (QED) is 0.359. The Balaban J connectivity index is 3.36. The summed E-state index contributed by atoms with van der Waals surface area (Å²) in [5.74, 6) is 5.16. The van der Waals surface area contributed by atoms with E-state index < -0.39 is 8.07 Å². The Morgan fingerprint density at radius 2 is 1.44 bits per heavy atom. The summed E-state index contributed by atoms with van der Waals surface area (Å²) in [7, 11) is -0.00449. The summed E-state index contributed by atoms with van der Waals surface area (Å²) in [4.78, 5) is 0. The van der Waals surface area contributed by atoms with Crippen LogP contribution in [0.5, 0.6) is 5.75 Å². The van der Waals surface area contributed by atoms with Gasteiger partial charge < -0.3 is 10.1 Å². The number of methoxy groups -OCH3 is 1. The summed E-state index contributed by atoms with van der Waals surface area (Å²) < 4.78 is 5.55. The lowest BCUT2D eigenvalue weighted by Crippen LogP contribution is -2.44. The fourth-order valence-corrected chi connectivity index (χ4v) is 9.87. The maximum absolute atomic E-state index is 5.55. The Morgan fingerprint density at radius 1 is 0.926 bits per heavy atom. The van der Waals surface area contributed by atoms with E-state index in [2.05, 4.69) is 84.3 Å². The molecule has 0 fully saturated rings. The molecule has 0 spiro atoms. The fraction of sp³-hybridized carbons (Fsp3) is 0.667. The first kappa shape index (κ1) is 23.6. The minimum Gasteiger partial charge on any atom is -0.495 e. The van der Waals surface area contributed by atoms with Crippen LogP contribution in [0.4, 0.5) is 5.69 Å². The van der Waals surface area contributed by atoms with Crippen LogP contribution in [0.2, 0.25) is 16.6 Å². The second-order valence-electron chi connectivity index (χ2n) is 8.57. The van der Waals surface area contributed by atoms with Crippen LogP contribution in [0, 0.1) is 17.4 Å². The SMILES string of the molecule is CCC(CC)C(C#C[Si](C(C)C)(C(C)C)C(C)C)Nc1ccccc1OC. The fourth-order valence-electron chi connectivity index (χ4n) is 4.60. The zero-order valence-corrected chi connectivity index (χ0v) is 20.0. The van der Waals surface area contributed by atoms with Gasteiger partial charge in [-0.1, -0.05) is 86.3 Å². The molecule has 0 aliphatic rings. The number of hydrogen-bond donors (Lipinski definition) is 1. The van der Waals surface area contributed by atoms with Crippen LogP contribution in [-0.2, 0) is 0 Å². The summed E-state index contributed by atoms with van der Waals surface area (Å²) in [5, 5.41) is 3.71. The zero-order valence-electron chi connectivity index (χ0n) is 19.0. The van der Waals surface area contributed by atoms with Crippen molar-refractivity contribution in [2.75, 3.05) is 12.4 Å². The molecule has 0 amide bonds. The van der Waals surface area contributed by atoms with Gasteiger partial charge in [0.15, 0.2) is 0 Å². The standard InChI is InChI=1S/C24H41NOSi/c1-10-21(11-2)22(25-23-14-12-13-15-24(23)26-9)16-17-27(18(3)4,19(5)6)20(7)8/h12-15,18-22,25H,10-11H2,1-9H3. The molecule has 1 unspecified atom stereocenters. The largest absolute Gasteiger partial charge is 0.495 e. The van der Waals surface area contributed by atoms with Crippen LogP contribution in [0.25, 0.3) is 0 Å². The monoisotopic (exact) mass is 387 g/mol. The van der Waals surface area contributed by atoms with E-state index in [1.807, 2.05) is 12.1 Å². The van der Waals surface area contributed by atoms with E-state index in [1.165, 1.54) is 0 Å². The van der Waals surface area contributed by atoms with Crippen molar-refractivity contribution >= 4 is 13.8 Å². The first-order chi connectivity index (χ1) is 12.7. The molecule has 0 aliphatic carbocycles. The molecule has 0 aromatic heterocycles. The second-order valence-corrected chi connectivity index (χ2v) is 14.1. The molecular weight excluding hydrogens is 346 g/mol. The highest BCUT2D eigenvalue weighted by atomic mass is 28.3. The molecule has 0 saturated heterocycles. The lowest BCUT2D eigenvalue weighted by Gasteiger charge is -2.38. The number of benzene rings is 1. The molecule has 1 rings (SSSR count). The second kappa shape index (κ2) is 10.8. The van der Waals surface area contributed by atoms with E-state index >= 15 is 0 Å². The van der Waals surface area contributed by atoms with Crippen molar-refractivity contribution in [2.45, 2.75) is 90.9 Å². The van der Waals surface area contributed by atoms with Crippen molar-refractivity contribution in [3.8, 4) is 17.2 Å². The lowest BCUT2D eigenvalue weighted by atomic mass is 9.94. The molecule has 0 bridgehead atoms. The molecule has 1 N–H and O–H groups in total. The first-order valence-electron chi connectivity index (χ1n) is 10.7.